The van der Waals surface area contributed by atoms with E-state index in [4.69, 9.17) is 0 Å². The van der Waals surface area contributed by atoms with Gasteiger partial charge >= 0.3 is 11.9 Å². The van der Waals surface area contributed by atoms with Gasteiger partial charge in [-0.25, -0.2) is 9.18 Å². The minimum atomic E-state index is -4.58. The van der Waals surface area contributed by atoms with Gasteiger partial charge in [0.25, 0.3) is 11.5 Å². The van der Waals surface area contributed by atoms with Crippen LogP contribution in [-0.2, 0) is 12.7 Å². The lowest BCUT2D eigenvalue weighted by Crippen LogP contribution is -2.46. The van der Waals surface area contributed by atoms with Crippen LogP contribution in [-0.4, -0.2) is 26.8 Å². The minimum absolute atomic E-state index is 0.0865. The maximum absolute atomic E-state index is 13.5. The van der Waals surface area contributed by atoms with Crippen molar-refractivity contribution in [1.82, 2.24) is 19.7 Å². The fourth-order valence-electron chi connectivity index (χ4n) is 2.82. The van der Waals surface area contributed by atoms with Crippen LogP contribution in [0.15, 0.2) is 58.1 Å². The summed E-state index contributed by atoms with van der Waals surface area (Å²) in [7, 11) is 0. The van der Waals surface area contributed by atoms with Crippen molar-refractivity contribution in [3.8, 4) is 5.69 Å². The fraction of sp³-hybridized carbons (Fsp3) is 0.200. The van der Waals surface area contributed by atoms with Gasteiger partial charge in [0.05, 0.1) is 17.8 Å². The Balaban J connectivity index is 2.19. The van der Waals surface area contributed by atoms with E-state index in [0.29, 0.717) is 9.25 Å². The summed E-state index contributed by atoms with van der Waals surface area (Å²) in [5.74, 6) is -1.45. The van der Waals surface area contributed by atoms with Crippen molar-refractivity contribution in [2.75, 3.05) is 6.54 Å². The summed E-state index contributed by atoms with van der Waals surface area (Å²) < 4.78 is 53.4. The first-order chi connectivity index (χ1) is 14.6. The first kappa shape index (κ1) is 21.9. The monoisotopic (exact) mass is 436 g/mol. The standard InChI is InChI=1S/C20H16F4N4O3/c1-2-25-17(29)16-18(30)27(11-12-4-3-5-14(21)10-12)19(31)28(26-16)15-8-6-13(7-9-15)20(22,23)24/h3-10H,2,11H2,1H3,(H,25,29). The molecule has 1 heterocycles. The van der Waals surface area contributed by atoms with Crippen LogP contribution in [0.3, 0.4) is 0 Å². The lowest BCUT2D eigenvalue weighted by molar-refractivity contribution is -0.137. The number of benzene rings is 2. The number of hydrogen-bond acceptors (Lipinski definition) is 4. The van der Waals surface area contributed by atoms with Gasteiger partial charge in [-0.1, -0.05) is 12.1 Å². The van der Waals surface area contributed by atoms with Gasteiger partial charge in [0.1, 0.15) is 5.82 Å². The Kier molecular flexibility index (Phi) is 6.04. The van der Waals surface area contributed by atoms with Crippen molar-refractivity contribution < 1.29 is 22.4 Å². The molecule has 1 aromatic heterocycles. The summed E-state index contributed by atoms with van der Waals surface area (Å²) in [6, 6.07) is 8.64. The van der Waals surface area contributed by atoms with Gasteiger partial charge in [0, 0.05) is 6.54 Å². The van der Waals surface area contributed by atoms with Crippen molar-refractivity contribution in [3.63, 3.8) is 0 Å². The number of carbonyl (C=O) groups excluding carboxylic acids is 1. The van der Waals surface area contributed by atoms with E-state index in [1.54, 1.807) is 6.92 Å². The summed E-state index contributed by atoms with van der Waals surface area (Å²) in [6.45, 7) is 1.41. The van der Waals surface area contributed by atoms with Crippen LogP contribution in [0.4, 0.5) is 17.6 Å². The SMILES string of the molecule is CCNC(=O)c1nn(-c2ccc(C(F)(F)F)cc2)c(=O)n(Cc2cccc(F)c2)c1=O. The highest BCUT2D eigenvalue weighted by Crippen LogP contribution is 2.29. The quantitative estimate of drug-likeness (QED) is 0.623. The maximum atomic E-state index is 13.5. The van der Waals surface area contributed by atoms with Crippen molar-refractivity contribution >= 4 is 5.91 Å². The number of rotatable bonds is 5. The summed E-state index contributed by atoms with van der Waals surface area (Å²) in [6.07, 6.45) is -4.58. The lowest BCUT2D eigenvalue weighted by Gasteiger charge is -2.13. The average Bonchev–Trinajstić information content (AvgIpc) is 2.71. The van der Waals surface area contributed by atoms with E-state index in [9.17, 15) is 31.9 Å². The zero-order chi connectivity index (χ0) is 22.8. The molecule has 162 valence electrons. The number of halogens is 4. The van der Waals surface area contributed by atoms with Crippen LogP contribution >= 0.6 is 0 Å². The highest BCUT2D eigenvalue weighted by molar-refractivity contribution is 5.91. The Labute approximate surface area is 172 Å². The van der Waals surface area contributed by atoms with Crippen molar-refractivity contribution in [2.45, 2.75) is 19.6 Å². The van der Waals surface area contributed by atoms with E-state index < -0.39 is 40.4 Å². The second-order valence-electron chi connectivity index (χ2n) is 6.47. The molecule has 3 rings (SSSR count). The molecule has 0 aliphatic carbocycles. The molecular weight excluding hydrogens is 420 g/mol. The summed E-state index contributed by atoms with van der Waals surface area (Å²) in [4.78, 5) is 38.0. The largest absolute Gasteiger partial charge is 0.416 e. The molecule has 0 unspecified atom stereocenters. The van der Waals surface area contributed by atoms with Crippen molar-refractivity contribution in [2.24, 2.45) is 0 Å². The van der Waals surface area contributed by atoms with Gasteiger partial charge in [-0.2, -0.15) is 23.0 Å². The number of aromatic nitrogens is 3. The summed E-state index contributed by atoms with van der Waals surface area (Å²) >= 11 is 0. The summed E-state index contributed by atoms with van der Waals surface area (Å²) in [5, 5.41) is 6.17. The Morgan fingerprint density at radius 3 is 2.35 bits per heavy atom. The molecule has 0 fully saturated rings. The lowest BCUT2D eigenvalue weighted by atomic mass is 10.2. The number of hydrogen-bond donors (Lipinski definition) is 1. The van der Waals surface area contributed by atoms with E-state index in [1.807, 2.05) is 0 Å². The zero-order valence-corrected chi connectivity index (χ0v) is 16.1. The summed E-state index contributed by atoms with van der Waals surface area (Å²) in [5.41, 5.74) is -3.40. The third-order valence-electron chi connectivity index (χ3n) is 4.28. The molecule has 31 heavy (non-hydrogen) atoms. The second-order valence-corrected chi connectivity index (χ2v) is 6.47. The maximum Gasteiger partial charge on any atom is 0.416 e. The highest BCUT2D eigenvalue weighted by atomic mass is 19.4. The van der Waals surface area contributed by atoms with E-state index in [0.717, 1.165) is 30.3 Å². The molecule has 7 nitrogen and oxygen atoms in total. The van der Waals surface area contributed by atoms with Crippen LogP contribution in [0.2, 0.25) is 0 Å². The number of nitrogens with one attached hydrogen (secondary N) is 1. The molecule has 0 radical (unpaired) electrons. The number of amides is 1. The predicted octanol–water partition coefficient (Wildman–Crippen LogP) is 2.35. The first-order valence-electron chi connectivity index (χ1n) is 9.06. The molecule has 3 aromatic rings. The smallest absolute Gasteiger partial charge is 0.351 e. The molecule has 0 atom stereocenters. The molecule has 0 aliphatic rings. The number of carbonyl (C=O) groups is 1. The van der Waals surface area contributed by atoms with Crippen LogP contribution in [0, 0.1) is 5.82 Å². The normalized spacial score (nSPS) is 11.4. The van der Waals surface area contributed by atoms with Crippen molar-refractivity contribution in [3.05, 3.63) is 92.0 Å². The molecule has 1 N–H and O–H groups in total. The Hall–Kier alpha value is -3.76. The van der Waals surface area contributed by atoms with Gasteiger partial charge in [-0.05, 0) is 48.9 Å². The third-order valence-corrected chi connectivity index (χ3v) is 4.28. The Morgan fingerprint density at radius 2 is 1.77 bits per heavy atom. The Bertz CT molecular complexity index is 1230. The molecule has 11 heteroatoms. The van der Waals surface area contributed by atoms with Gasteiger partial charge in [0.15, 0.2) is 0 Å². The molecule has 0 bridgehead atoms. The van der Waals surface area contributed by atoms with Gasteiger partial charge in [-0.3, -0.25) is 14.2 Å². The van der Waals surface area contributed by atoms with E-state index in [-0.39, 0.29) is 24.3 Å². The predicted molar refractivity (Wildman–Crippen MR) is 103 cm³/mol. The first-order valence-corrected chi connectivity index (χ1v) is 9.06. The fourth-order valence-corrected chi connectivity index (χ4v) is 2.82. The van der Waals surface area contributed by atoms with Crippen LogP contribution in [0.1, 0.15) is 28.5 Å². The van der Waals surface area contributed by atoms with Crippen LogP contribution in [0.25, 0.3) is 5.69 Å². The van der Waals surface area contributed by atoms with Gasteiger partial charge in [0.2, 0.25) is 5.69 Å². The minimum Gasteiger partial charge on any atom is -0.351 e. The number of nitrogens with zero attached hydrogens (tertiary/aromatic N) is 3. The molecular formula is C20H16F4N4O3. The van der Waals surface area contributed by atoms with E-state index >= 15 is 0 Å². The topological polar surface area (TPSA) is 86.0 Å². The van der Waals surface area contributed by atoms with E-state index in [1.165, 1.54) is 18.2 Å². The molecule has 1 amide bonds. The highest BCUT2D eigenvalue weighted by Gasteiger charge is 2.30. The number of alkyl halides is 3. The molecule has 0 aliphatic heterocycles. The van der Waals surface area contributed by atoms with E-state index in [2.05, 4.69) is 10.4 Å². The average molecular weight is 436 g/mol. The van der Waals surface area contributed by atoms with Crippen molar-refractivity contribution in [1.29, 1.82) is 0 Å². The van der Waals surface area contributed by atoms with Crippen LogP contribution < -0.4 is 16.6 Å². The zero-order valence-electron chi connectivity index (χ0n) is 16.1. The van der Waals surface area contributed by atoms with Gasteiger partial charge in [-0.15, -0.1) is 0 Å². The molecule has 0 spiro atoms. The Morgan fingerprint density at radius 1 is 1.10 bits per heavy atom. The molecule has 0 saturated carbocycles. The second kappa shape index (κ2) is 8.54. The third kappa shape index (κ3) is 4.71. The van der Waals surface area contributed by atoms with Crippen LogP contribution in [0.5, 0.6) is 0 Å². The molecule has 0 saturated heterocycles. The van der Waals surface area contributed by atoms with Gasteiger partial charge < -0.3 is 5.32 Å². The molecule has 2 aromatic carbocycles.